The van der Waals surface area contributed by atoms with Crippen molar-refractivity contribution in [2.75, 3.05) is 25.1 Å². The Balaban J connectivity index is 2.92. The molecule has 0 unspecified atom stereocenters. The van der Waals surface area contributed by atoms with E-state index in [1.807, 2.05) is 14.0 Å². The first-order chi connectivity index (χ1) is 7.22. The van der Waals surface area contributed by atoms with Crippen molar-refractivity contribution >= 4 is 5.95 Å². The van der Waals surface area contributed by atoms with Gasteiger partial charge in [-0.25, -0.2) is 4.98 Å². The summed E-state index contributed by atoms with van der Waals surface area (Å²) >= 11 is 0. The first kappa shape index (κ1) is 11.8. The van der Waals surface area contributed by atoms with Crippen LogP contribution in [0.3, 0.4) is 0 Å². The maximum Gasteiger partial charge on any atom is 0.245 e. The van der Waals surface area contributed by atoms with Crippen LogP contribution in [0.1, 0.15) is 25.2 Å². The molecular formula is C10H18N4O. The molecule has 0 saturated carbocycles. The Morgan fingerprint density at radius 1 is 1.13 bits per heavy atom. The van der Waals surface area contributed by atoms with Crippen molar-refractivity contribution in [3.05, 3.63) is 11.4 Å². The molecule has 0 amide bonds. The van der Waals surface area contributed by atoms with E-state index in [4.69, 9.17) is 5.11 Å². The minimum Gasteiger partial charge on any atom is -0.395 e. The minimum absolute atomic E-state index is 0.0941. The Labute approximate surface area is 90.2 Å². The van der Waals surface area contributed by atoms with E-state index >= 15 is 0 Å². The maximum atomic E-state index is 8.81. The zero-order valence-corrected chi connectivity index (χ0v) is 9.56. The van der Waals surface area contributed by atoms with Crippen LogP contribution in [0.4, 0.5) is 5.95 Å². The average Bonchev–Trinajstić information content (AvgIpc) is 2.28. The van der Waals surface area contributed by atoms with Crippen LogP contribution in [0, 0.1) is 0 Å². The molecule has 0 aliphatic heterocycles. The topological polar surface area (TPSA) is 62.1 Å². The Morgan fingerprint density at radius 3 is 2.33 bits per heavy atom. The summed E-state index contributed by atoms with van der Waals surface area (Å²) in [6.07, 6.45) is 1.71. The van der Waals surface area contributed by atoms with Gasteiger partial charge in [0.05, 0.1) is 18.0 Å². The molecule has 0 fully saturated rings. The van der Waals surface area contributed by atoms with Gasteiger partial charge in [0.1, 0.15) is 0 Å². The van der Waals surface area contributed by atoms with Gasteiger partial charge in [0, 0.05) is 13.6 Å². The number of aliphatic hydroxyl groups is 1. The third-order valence-corrected chi connectivity index (χ3v) is 2.27. The lowest BCUT2D eigenvalue weighted by atomic mass is 10.2. The van der Waals surface area contributed by atoms with Crippen molar-refractivity contribution in [1.82, 2.24) is 15.2 Å². The molecule has 0 atom stereocenters. The number of hydrogen-bond acceptors (Lipinski definition) is 5. The molecule has 0 spiro atoms. The zero-order valence-electron chi connectivity index (χ0n) is 9.56. The number of hydrogen-bond donors (Lipinski definition) is 1. The SMILES string of the molecule is CCc1nnc(N(C)CCO)nc1CC. The van der Waals surface area contributed by atoms with Gasteiger partial charge in [0.15, 0.2) is 0 Å². The lowest BCUT2D eigenvalue weighted by Crippen LogP contribution is -2.24. The van der Waals surface area contributed by atoms with Crippen molar-refractivity contribution < 1.29 is 5.11 Å². The smallest absolute Gasteiger partial charge is 0.245 e. The Morgan fingerprint density at radius 2 is 1.80 bits per heavy atom. The molecule has 0 aromatic carbocycles. The molecule has 1 aromatic rings. The lowest BCUT2D eigenvalue weighted by molar-refractivity contribution is 0.303. The molecule has 1 heterocycles. The van der Waals surface area contributed by atoms with Crippen LogP contribution in [0.25, 0.3) is 0 Å². The first-order valence-electron chi connectivity index (χ1n) is 5.27. The summed E-state index contributed by atoms with van der Waals surface area (Å²) in [7, 11) is 1.85. The van der Waals surface area contributed by atoms with E-state index in [0.717, 1.165) is 24.2 Å². The molecule has 0 aliphatic carbocycles. The van der Waals surface area contributed by atoms with Gasteiger partial charge in [-0.3, -0.25) is 0 Å². The quantitative estimate of drug-likeness (QED) is 0.763. The van der Waals surface area contributed by atoms with Crippen LogP contribution in [-0.4, -0.2) is 40.5 Å². The van der Waals surface area contributed by atoms with E-state index < -0.39 is 0 Å². The summed E-state index contributed by atoms with van der Waals surface area (Å²) in [5.74, 6) is 0.582. The molecule has 5 heteroatoms. The first-order valence-corrected chi connectivity index (χ1v) is 5.27. The number of likely N-dealkylation sites (N-methyl/N-ethyl adjacent to an activating group) is 1. The summed E-state index contributed by atoms with van der Waals surface area (Å²) in [5.41, 5.74) is 1.95. The van der Waals surface area contributed by atoms with Crippen LogP contribution in [-0.2, 0) is 12.8 Å². The fourth-order valence-electron chi connectivity index (χ4n) is 1.34. The van der Waals surface area contributed by atoms with Crippen molar-refractivity contribution in [3.63, 3.8) is 0 Å². The number of aryl methyl sites for hydroxylation is 2. The average molecular weight is 210 g/mol. The standard InChI is InChI=1S/C10H18N4O/c1-4-8-9(5-2)12-13-10(11-8)14(3)6-7-15/h15H,4-7H2,1-3H3. The highest BCUT2D eigenvalue weighted by Gasteiger charge is 2.08. The molecule has 84 valence electrons. The van der Waals surface area contributed by atoms with Crippen LogP contribution in [0.2, 0.25) is 0 Å². The van der Waals surface area contributed by atoms with E-state index in [1.165, 1.54) is 0 Å². The summed E-state index contributed by atoms with van der Waals surface area (Å²) in [6.45, 7) is 4.72. The molecule has 1 aromatic heterocycles. The molecule has 15 heavy (non-hydrogen) atoms. The summed E-state index contributed by atoms with van der Waals surface area (Å²) in [5, 5.41) is 17.0. The molecule has 5 nitrogen and oxygen atoms in total. The van der Waals surface area contributed by atoms with Gasteiger partial charge in [-0.2, -0.15) is 5.10 Å². The monoisotopic (exact) mass is 210 g/mol. The van der Waals surface area contributed by atoms with E-state index in [1.54, 1.807) is 4.90 Å². The lowest BCUT2D eigenvalue weighted by Gasteiger charge is -2.15. The molecule has 0 bridgehead atoms. The fourth-order valence-corrected chi connectivity index (χ4v) is 1.34. The molecule has 0 saturated heterocycles. The third-order valence-electron chi connectivity index (χ3n) is 2.27. The molecule has 0 radical (unpaired) electrons. The largest absolute Gasteiger partial charge is 0.395 e. The Bertz CT molecular complexity index is 316. The van der Waals surface area contributed by atoms with E-state index in [9.17, 15) is 0 Å². The number of aliphatic hydroxyl groups excluding tert-OH is 1. The van der Waals surface area contributed by atoms with Gasteiger partial charge >= 0.3 is 0 Å². The van der Waals surface area contributed by atoms with Gasteiger partial charge in [-0.05, 0) is 12.8 Å². The second-order valence-corrected chi connectivity index (χ2v) is 3.36. The van der Waals surface area contributed by atoms with Crippen molar-refractivity contribution in [3.8, 4) is 0 Å². The predicted octanol–water partition coefficient (Wildman–Crippen LogP) is 0.425. The maximum absolute atomic E-state index is 8.81. The van der Waals surface area contributed by atoms with Gasteiger partial charge in [-0.15, -0.1) is 5.10 Å². The number of anilines is 1. The summed E-state index contributed by atoms with van der Waals surface area (Å²) in [6, 6.07) is 0. The van der Waals surface area contributed by atoms with Gasteiger partial charge in [0.2, 0.25) is 5.95 Å². The summed E-state index contributed by atoms with van der Waals surface area (Å²) < 4.78 is 0. The summed E-state index contributed by atoms with van der Waals surface area (Å²) in [4.78, 5) is 6.22. The van der Waals surface area contributed by atoms with Crippen molar-refractivity contribution in [1.29, 1.82) is 0 Å². The van der Waals surface area contributed by atoms with Crippen LogP contribution >= 0.6 is 0 Å². The Kier molecular flexibility index (Phi) is 4.42. The van der Waals surface area contributed by atoms with E-state index in [-0.39, 0.29) is 6.61 Å². The van der Waals surface area contributed by atoms with Crippen molar-refractivity contribution in [2.45, 2.75) is 26.7 Å². The molecule has 0 aliphatic rings. The predicted molar refractivity (Wildman–Crippen MR) is 58.9 cm³/mol. The number of aromatic nitrogens is 3. The molecular weight excluding hydrogens is 192 g/mol. The highest BCUT2D eigenvalue weighted by Crippen LogP contribution is 2.09. The van der Waals surface area contributed by atoms with Crippen LogP contribution in [0.5, 0.6) is 0 Å². The van der Waals surface area contributed by atoms with E-state index in [0.29, 0.717) is 12.5 Å². The number of nitrogens with zero attached hydrogens (tertiary/aromatic N) is 4. The Hall–Kier alpha value is -1.23. The minimum atomic E-state index is 0.0941. The van der Waals surface area contributed by atoms with Gasteiger partial charge in [0.25, 0.3) is 0 Å². The molecule has 1 rings (SSSR count). The van der Waals surface area contributed by atoms with Crippen molar-refractivity contribution in [2.24, 2.45) is 0 Å². The number of rotatable bonds is 5. The van der Waals surface area contributed by atoms with Crippen LogP contribution < -0.4 is 4.90 Å². The normalized spacial score (nSPS) is 10.4. The highest BCUT2D eigenvalue weighted by atomic mass is 16.3. The van der Waals surface area contributed by atoms with E-state index in [2.05, 4.69) is 22.1 Å². The zero-order chi connectivity index (χ0) is 11.3. The highest BCUT2D eigenvalue weighted by molar-refractivity contribution is 5.28. The van der Waals surface area contributed by atoms with Gasteiger partial charge < -0.3 is 10.0 Å². The fraction of sp³-hybridized carbons (Fsp3) is 0.700. The second kappa shape index (κ2) is 5.60. The second-order valence-electron chi connectivity index (χ2n) is 3.36. The molecule has 1 N–H and O–H groups in total. The third kappa shape index (κ3) is 2.86. The van der Waals surface area contributed by atoms with Crippen LogP contribution in [0.15, 0.2) is 0 Å². The van der Waals surface area contributed by atoms with Gasteiger partial charge in [-0.1, -0.05) is 13.8 Å².